The van der Waals surface area contributed by atoms with Crippen molar-refractivity contribution in [2.24, 2.45) is 0 Å². The first-order valence-corrected chi connectivity index (χ1v) is 13.8. The van der Waals surface area contributed by atoms with Gasteiger partial charge in [0.15, 0.2) is 0 Å². The number of para-hydroxylation sites is 2. The van der Waals surface area contributed by atoms with Gasteiger partial charge < -0.3 is 25.7 Å². The van der Waals surface area contributed by atoms with E-state index in [9.17, 15) is 0 Å². The molecule has 6 aromatic rings. The number of rotatable bonds is 4. The van der Waals surface area contributed by atoms with Gasteiger partial charge in [-0.3, -0.25) is 0 Å². The molecule has 0 bridgehead atoms. The Bertz CT molecular complexity index is 1840. The number of anilines is 2. The first-order valence-electron chi connectivity index (χ1n) is 13.8. The Balaban J connectivity index is 1.35. The van der Waals surface area contributed by atoms with Crippen molar-refractivity contribution in [3.63, 3.8) is 0 Å². The first kappa shape index (κ1) is 24.1. The van der Waals surface area contributed by atoms with Crippen LogP contribution in [-0.2, 0) is 5.41 Å². The Morgan fingerprint density at radius 2 is 0.833 bits per heavy atom. The molecule has 6 aromatic carbocycles. The van der Waals surface area contributed by atoms with Crippen LogP contribution >= 0.6 is 0 Å². The van der Waals surface area contributed by atoms with E-state index in [1.54, 1.807) is 0 Å². The van der Waals surface area contributed by atoms with E-state index in [2.05, 4.69) is 48.5 Å². The predicted octanol–water partition coefficient (Wildman–Crippen LogP) is 8.90. The molecular weight excluding hydrogens is 520 g/mol. The highest BCUT2D eigenvalue weighted by atomic mass is 16.5. The van der Waals surface area contributed by atoms with Gasteiger partial charge in [-0.1, -0.05) is 48.5 Å². The van der Waals surface area contributed by atoms with Crippen LogP contribution in [0.25, 0.3) is 11.1 Å². The van der Waals surface area contributed by atoms with Crippen molar-refractivity contribution < 1.29 is 14.2 Å². The van der Waals surface area contributed by atoms with Crippen molar-refractivity contribution >= 4 is 11.4 Å². The summed E-state index contributed by atoms with van der Waals surface area (Å²) < 4.78 is 19.1. The van der Waals surface area contributed by atoms with Gasteiger partial charge in [0.2, 0.25) is 0 Å². The second kappa shape index (κ2) is 9.18. The standard InChI is InChI=1S/C37H26N2O3/c38-23-9-13-25(14-10-23)40-27-17-19-31-29(21-27)30-22-28(41-26-15-11-24(39)12-16-26)18-20-32(30)37(31)33-5-1-3-7-35(33)42-36-8-4-2-6-34(36)37/h1-22H,38-39H2. The average Bonchev–Trinajstić information content (AvgIpc) is 3.29. The van der Waals surface area contributed by atoms with E-state index in [1.807, 2.05) is 84.9 Å². The molecule has 202 valence electrons. The van der Waals surface area contributed by atoms with Crippen molar-refractivity contribution in [1.29, 1.82) is 0 Å². The number of hydrogen-bond donors (Lipinski definition) is 2. The maximum Gasteiger partial charge on any atom is 0.132 e. The van der Waals surface area contributed by atoms with E-state index >= 15 is 0 Å². The highest BCUT2D eigenvalue weighted by Crippen LogP contribution is 2.62. The Morgan fingerprint density at radius 3 is 1.29 bits per heavy atom. The molecule has 0 saturated carbocycles. The molecule has 0 fully saturated rings. The fraction of sp³-hybridized carbons (Fsp3) is 0.0270. The summed E-state index contributed by atoms with van der Waals surface area (Å²) >= 11 is 0. The third kappa shape index (κ3) is 3.64. The zero-order valence-corrected chi connectivity index (χ0v) is 22.6. The number of hydrogen-bond acceptors (Lipinski definition) is 5. The molecule has 1 aliphatic carbocycles. The predicted molar refractivity (Wildman–Crippen MR) is 166 cm³/mol. The molecule has 0 saturated heterocycles. The summed E-state index contributed by atoms with van der Waals surface area (Å²) in [5, 5.41) is 0. The molecule has 1 aliphatic heterocycles. The minimum absolute atomic E-state index is 0.574. The van der Waals surface area contributed by atoms with Gasteiger partial charge in [-0.05, 0) is 107 Å². The van der Waals surface area contributed by atoms with Crippen molar-refractivity contribution in [2.45, 2.75) is 5.41 Å². The van der Waals surface area contributed by atoms with E-state index in [-0.39, 0.29) is 0 Å². The van der Waals surface area contributed by atoms with Gasteiger partial charge in [0.25, 0.3) is 0 Å². The molecule has 0 atom stereocenters. The van der Waals surface area contributed by atoms with Gasteiger partial charge >= 0.3 is 0 Å². The normalized spacial score (nSPS) is 13.3. The Labute approximate surface area is 243 Å². The molecule has 0 amide bonds. The minimum Gasteiger partial charge on any atom is -0.457 e. The molecule has 0 unspecified atom stereocenters. The van der Waals surface area contributed by atoms with Crippen LogP contribution in [0.15, 0.2) is 133 Å². The molecule has 1 heterocycles. The lowest BCUT2D eigenvalue weighted by Gasteiger charge is -2.39. The second-order valence-corrected chi connectivity index (χ2v) is 10.6. The smallest absolute Gasteiger partial charge is 0.132 e. The van der Waals surface area contributed by atoms with E-state index in [1.165, 1.54) is 0 Å². The van der Waals surface area contributed by atoms with Crippen molar-refractivity contribution in [2.75, 3.05) is 11.5 Å². The van der Waals surface area contributed by atoms with Gasteiger partial charge in [0, 0.05) is 22.5 Å². The summed E-state index contributed by atoms with van der Waals surface area (Å²) in [7, 11) is 0. The molecule has 0 aromatic heterocycles. The maximum atomic E-state index is 6.45. The lowest BCUT2D eigenvalue weighted by Crippen LogP contribution is -2.32. The van der Waals surface area contributed by atoms with Gasteiger partial charge in [-0.15, -0.1) is 0 Å². The SMILES string of the molecule is Nc1ccc(Oc2ccc3c(c2)-c2cc(Oc4ccc(N)cc4)ccc2C32c3ccccc3Oc3ccccc32)cc1. The molecule has 2 aliphatic rings. The van der Waals surface area contributed by atoms with Gasteiger partial charge in [-0.2, -0.15) is 0 Å². The third-order valence-corrected chi connectivity index (χ3v) is 8.11. The van der Waals surface area contributed by atoms with E-state index in [0.717, 1.165) is 67.9 Å². The van der Waals surface area contributed by atoms with E-state index < -0.39 is 5.41 Å². The summed E-state index contributed by atoms with van der Waals surface area (Å²) in [5.41, 5.74) is 19.3. The van der Waals surface area contributed by atoms with Gasteiger partial charge in [0.1, 0.15) is 34.5 Å². The molecule has 5 nitrogen and oxygen atoms in total. The molecule has 42 heavy (non-hydrogen) atoms. The Hall–Kier alpha value is -5.68. The average molecular weight is 547 g/mol. The minimum atomic E-state index is -0.574. The van der Waals surface area contributed by atoms with Crippen LogP contribution in [0.1, 0.15) is 22.3 Å². The lowest BCUT2D eigenvalue weighted by molar-refractivity contribution is 0.436. The van der Waals surface area contributed by atoms with E-state index in [0.29, 0.717) is 11.4 Å². The number of benzene rings is 6. The number of fused-ring (bicyclic) bond motifs is 9. The third-order valence-electron chi connectivity index (χ3n) is 8.11. The highest BCUT2D eigenvalue weighted by molar-refractivity contribution is 5.89. The fourth-order valence-electron chi connectivity index (χ4n) is 6.34. The van der Waals surface area contributed by atoms with Crippen LogP contribution in [0.2, 0.25) is 0 Å². The summed E-state index contributed by atoms with van der Waals surface area (Å²) in [4.78, 5) is 0. The molecule has 0 radical (unpaired) electrons. The number of nitrogens with two attached hydrogens (primary N) is 2. The number of nitrogen functional groups attached to an aromatic ring is 2. The number of ether oxygens (including phenoxy) is 3. The van der Waals surface area contributed by atoms with Crippen LogP contribution in [-0.4, -0.2) is 0 Å². The van der Waals surface area contributed by atoms with Gasteiger partial charge in [0.05, 0.1) is 5.41 Å². The molecule has 4 N–H and O–H groups in total. The molecule has 8 rings (SSSR count). The summed E-state index contributed by atoms with van der Waals surface area (Å²) in [6, 6.07) is 44.1. The van der Waals surface area contributed by atoms with E-state index in [4.69, 9.17) is 25.7 Å². The summed E-state index contributed by atoms with van der Waals surface area (Å²) in [6.07, 6.45) is 0. The Kier molecular flexibility index (Phi) is 5.28. The largest absolute Gasteiger partial charge is 0.457 e. The Morgan fingerprint density at radius 1 is 0.429 bits per heavy atom. The van der Waals surface area contributed by atoms with Crippen LogP contribution in [0, 0.1) is 0 Å². The topological polar surface area (TPSA) is 79.7 Å². The molecule has 1 spiro atoms. The zero-order valence-electron chi connectivity index (χ0n) is 22.6. The fourth-order valence-corrected chi connectivity index (χ4v) is 6.34. The van der Waals surface area contributed by atoms with Crippen LogP contribution in [0.4, 0.5) is 11.4 Å². The monoisotopic (exact) mass is 546 g/mol. The van der Waals surface area contributed by atoms with Crippen LogP contribution < -0.4 is 25.7 Å². The summed E-state index contributed by atoms with van der Waals surface area (Å²) in [6.45, 7) is 0. The van der Waals surface area contributed by atoms with Crippen LogP contribution in [0.5, 0.6) is 34.5 Å². The highest BCUT2D eigenvalue weighted by Gasteiger charge is 2.51. The molecule has 5 heteroatoms. The van der Waals surface area contributed by atoms with Gasteiger partial charge in [-0.25, -0.2) is 0 Å². The lowest BCUT2D eigenvalue weighted by atomic mass is 9.66. The summed E-state index contributed by atoms with van der Waals surface area (Å²) in [5.74, 6) is 4.61. The van der Waals surface area contributed by atoms with Crippen molar-refractivity contribution in [3.8, 4) is 45.6 Å². The second-order valence-electron chi connectivity index (χ2n) is 10.6. The maximum absolute atomic E-state index is 6.45. The zero-order chi connectivity index (χ0) is 28.3. The van der Waals surface area contributed by atoms with Crippen molar-refractivity contribution in [3.05, 3.63) is 156 Å². The van der Waals surface area contributed by atoms with Crippen LogP contribution in [0.3, 0.4) is 0 Å². The van der Waals surface area contributed by atoms with Crippen molar-refractivity contribution in [1.82, 2.24) is 0 Å². The molecular formula is C37H26N2O3. The first-order chi connectivity index (χ1) is 20.6. The quantitative estimate of drug-likeness (QED) is 0.216.